The van der Waals surface area contributed by atoms with Crippen LogP contribution in [0.15, 0.2) is 46.7 Å². The van der Waals surface area contributed by atoms with Crippen LogP contribution < -0.4 is 5.32 Å². The first kappa shape index (κ1) is 22.4. The molecular formula is C24H24FN5O3S. The molecule has 0 bridgehead atoms. The van der Waals surface area contributed by atoms with Crippen LogP contribution in [0.1, 0.15) is 24.7 Å². The number of Topliss-reactive ketones (excluding diaryl/α,β-unsaturated/α-hetero) is 1. The summed E-state index contributed by atoms with van der Waals surface area (Å²) in [6.07, 6.45) is 4.41. The van der Waals surface area contributed by atoms with Gasteiger partial charge in [0.05, 0.1) is 45.6 Å². The fraction of sp³-hybridized carbons (Fsp3) is 0.333. The number of carbonyl (C=O) groups is 1. The Bertz CT molecular complexity index is 1460. The Labute approximate surface area is 196 Å². The number of carbonyl (C=O) groups excluding carboxylic acids is 1. The van der Waals surface area contributed by atoms with E-state index < -0.39 is 21.9 Å². The zero-order valence-corrected chi connectivity index (χ0v) is 19.9. The average Bonchev–Trinajstić information content (AvgIpc) is 3.14. The highest BCUT2D eigenvalue weighted by Gasteiger charge is 2.43. The molecule has 2 aliphatic rings. The van der Waals surface area contributed by atoms with E-state index >= 15 is 0 Å². The highest BCUT2D eigenvalue weighted by atomic mass is 32.2. The maximum atomic E-state index is 13.3. The number of aliphatic imine (C=N–C) groups is 1. The summed E-state index contributed by atoms with van der Waals surface area (Å²) in [6.45, 7) is 1.89. The van der Waals surface area contributed by atoms with E-state index in [0.717, 1.165) is 12.0 Å². The van der Waals surface area contributed by atoms with E-state index in [0.29, 0.717) is 46.1 Å². The highest BCUT2D eigenvalue weighted by Crippen LogP contribution is 2.39. The summed E-state index contributed by atoms with van der Waals surface area (Å²) in [4.78, 5) is 25.9. The average molecular weight is 482 g/mol. The molecule has 0 saturated heterocycles. The summed E-state index contributed by atoms with van der Waals surface area (Å²) in [5.74, 6) is -0.710. The predicted octanol–water partition coefficient (Wildman–Crippen LogP) is 3.75. The number of nitrogens with zero attached hydrogens (tertiary/aromatic N) is 4. The number of fused-ring (bicyclic) bond motifs is 1. The summed E-state index contributed by atoms with van der Waals surface area (Å²) in [5, 5.41) is 3.21. The first-order chi connectivity index (χ1) is 16.1. The number of nitrogens with one attached hydrogen (secondary N) is 1. The monoisotopic (exact) mass is 481 g/mol. The van der Waals surface area contributed by atoms with Gasteiger partial charge in [-0.3, -0.25) is 14.8 Å². The molecule has 2 aromatic heterocycles. The lowest BCUT2D eigenvalue weighted by Crippen LogP contribution is -2.10. The van der Waals surface area contributed by atoms with E-state index in [2.05, 4.69) is 20.3 Å². The van der Waals surface area contributed by atoms with Gasteiger partial charge in [-0.15, -0.1) is 0 Å². The van der Waals surface area contributed by atoms with Gasteiger partial charge in [-0.2, -0.15) is 0 Å². The molecule has 0 spiro atoms. The molecule has 1 saturated carbocycles. The van der Waals surface area contributed by atoms with Gasteiger partial charge in [0.1, 0.15) is 17.6 Å². The third-order valence-electron chi connectivity index (χ3n) is 5.98. The SMILES string of the molecule is CC1=Nc2c(Nc3ccc(-c4cn(C)cn4)cc3S(C)(=O)=O)cc(CC(=O)[C@@H]3C[C@@H]3F)nc2C1. The van der Waals surface area contributed by atoms with Crippen LogP contribution in [0.4, 0.5) is 21.5 Å². The molecule has 1 aromatic carbocycles. The quantitative estimate of drug-likeness (QED) is 0.551. The number of sulfone groups is 1. The summed E-state index contributed by atoms with van der Waals surface area (Å²) >= 11 is 0. The molecular weight excluding hydrogens is 457 g/mol. The third kappa shape index (κ3) is 4.37. The number of ketones is 1. The first-order valence-electron chi connectivity index (χ1n) is 10.9. The van der Waals surface area contributed by atoms with Crippen LogP contribution in [0.25, 0.3) is 11.3 Å². The topological polar surface area (TPSA) is 106 Å². The zero-order chi connectivity index (χ0) is 24.2. The first-order valence-corrected chi connectivity index (χ1v) is 12.8. The molecule has 2 atom stereocenters. The summed E-state index contributed by atoms with van der Waals surface area (Å²) in [7, 11) is -1.74. The van der Waals surface area contributed by atoms with Crippen LogP contribution in [0.5, 0.6) is 0 Å². The number of hydrogen-bond acceptors (Lipinski definition) is 7. The molecule has 1 N–H and O–H groups in total. The molecule has 176 valence electrons. The molecule has 3 heterocycles. The number of alkyl halides is 1. The van der Waals surface area contributed by atoms with Crippen molar-refractivity contribution in [1.82, 2.24) is 14.5 Å². The molecule has 1 fully saturated rings. The van der Waals surface area contributed by atoms with Crippen LogP contribution in [0, 0.1) is 5.92 Å². The molecule has 10 heteroatoms. The lowest BCUT2D eigenvalue weighted by molar-refractivity contribution is -0.120. The molecule has 0 radical (unpaired) electrons. The number of aryl methyl sites for hydroxylation is 1. The normalized spacial score (nSPS) is 19.0. The van der Waals surface area contributed by atoms with Gasteiger partial charge >= 0.3 is 0 Å². The Kier molecular flexibility index (Phi) is 5.35. The number of rotatable bonds is 7. The summed E-state index contributed by atoms with van der Waals surface area (Å²) in [5.41, 5.74) is 5.01. The van der Waals surface area contributed by atoms with E-state index in [-0.39, 0.29) is 23.5 Å². The molecule has 1 aliphatic carbocycles. The number of imidazole rings is 1. The lowest BCUT2D eigenvalue weighted by Gasteiger charge is -2.15. The Hall–Kier alpha value is -3.40. The Morgan fingerprint density at radius 1 is 1.26 bits per heavy atom. The highest BCUT2D eigenvalue weighted by molar-refractivity contribution is 7.90. The van der Waals surface area contributed by atoms with Gasteiger partial charge in [-0.25, -0.2) is 17.8 Å². The minimum Gasteiger partial charge on any atom is -0.353 e. The summed E-state index contributed by atoms with van der Waals surface area (Å²) in [6, 6.07) is 6.79. The van der Waals surface area contributed by atoms with Crippen molar-refractivity contribution < 1.29 is 17.6 Å². The van der Waals surface area contributed by atoms with Crippen molar-refractivity contribution in [2.75, 3.05) is 11.6 Å². The van der Waals surface area contributed by atoms with E-state index in [1.807, 2.05) is 20.2 Å². The number of pyridine rings is 1. The molecule has 34 heavy (non-hydrogen) atoms. The lowest BCUT2D eigenvalue weighted by atomic mass is 10.1. The Morgan fingerprint density at radius 2 is 2.03 bits per heavy atom. The zero-order valence-electron chi connectivity index (χ0n) is 19.0. The fourth-order valence-electron chi connectivity index (χ4n) is 4.16. The van der Waals surface area contributed by atoms with Gasteiger partial charge in [-0.05, 0) is 31.5 Å². The van der Waals surface area contributed by atoms with Crippen molar-refractivity contribution >= 4 is 38.4 Å². The molecule has 0 unspecified atom stereocenters. The minimum atomic E-state index is -3.58. The Morgan fingerprint density at radius 3 is 2.68 bits per heavy atom. The van der Waals surface area contributed by atoms with Crippen molar-refractivity contribution in [3.8, 4) is 11.3 Å². The van der Waals surface area contributed by atoms with Crippen LogP contribution in [0.2, 0.25) is 0 Å². The maximum absolute atomic E-state index is 13.3. The van der Waals surface area contributed by atoms with E-state index in [4.69, 9.17) is 0 Å². The van der Waals surface area contributed by atoms with Gasteiger partial charge in [-0.1, -0.05) is 6.07 Å². The molecule has 3 aromatic rings. The molecule has 5 rings (SSSR count). The van der Waals surface area contributed by atoms with Crippen LogP contribution in [0.3, 0.4) is 0 Å². The van der Waals surface area contributed by atoms with Crippen molar-refractivity contribution in [3.05, 3.63) is 48.2 Å². The third-order valence-corrected chi connectivity index (χ3v) is 7.11. The number of aromatic nitrogens is 3. The number of halogens is 1. The predicted molar refractivity (Wildman–Crippen MR) is 127 cm³/mol. The van der Waals surface area contributed by atoms with Gasteiger partial charge in [0, 0.05) is 43.6 Å². The van der Waals surface area contributed by atoms with E-state index in [9.17, 15) is 17.6 Å². The van der Waals surface area contributed by atoms with Gasteiger partial charge in [0.15, 0.2) is 9.84 Å². The van der Waals surface area contributed by atoms with Gasteiger partial charge in [0.2, 0.25) is 0 Å². The van der Waals surface area contributed by atoms with Gasteiger partial charge < -0.3 is 9.88 Å². The second-order valence-electron chi connectivity index (χ2n) is 9.01. The van der Waals surface area contributed by atoms with Crippen molar-refractivity contribution in [2.45, 2.75) is 37.3 Å². The van der Waals surface area contributed by atoms with E-state index in [1.54, 1.807) is 35.2 Å². The standard InChI is InChI=1S/C24H24FN5O3S/c1-13-6-19-24(27-13)20(8-15(28-19)9-22(31)16-10-17(16)25)29-18-5-4-14(7-23(18)34(3,32)33)21-11-30(2)12-26-21/h4-5,7-8,11-12,16-17H,6,9-10H2,1-3H3,(H,28,29)/t16-,17+/m1/s1. The second-order valence-corrected chi connectivity index (χ2v) is 11.0. The number of benzene rings is 1. The second kappa shape index (κ2) is 8.12. The maximum Gasteiger partial charge on any atom is 0.177 e. The number of anilines is 2. The molecule has 1 aliphatic heterocycles. The van der Waals surface area contributed by atoms with Crippen molar-refractivity contribution in [3.63, 3.8) is 0 Å². The number of hydrogen-bond donors (Lipinski definition) is 1. The molecule has 8 nitrogen and oxygen atoms in total. The Balaban J connectivity index is 1.53. The van der Waals surface area contributed by atoms with Crippen LogP contribution in [-0.4, -0.2) is 46.9 Å². The van der Waals surface area contributed by atoms with Crippen molar-refractivity contribution in [1.29, 1.82) is 0 Å². The smallest absolute Gasteiger partial charge is 0.177 e. The fourth-order valence-corrected chi connectivity index (χ4v) is 5.02. The van der Waals surface area contributed by atoms with Crippen LogP contribution >= 0.6 is 0 Å². The van der Waals surface area contributed by atoms with E-state index in [1.165, 1.54) is 0 Å². The van der Waals surface area contributed by atoms with Crippen molar-refractivity contribution in [2.24, 2.45) is 18.0 Å². The summed E-state index contributed by atoms with van der Waals surface area (Å²) < 4.78 is 40.4. The largest absolute Gasteiger partial charge is 0.353 e. The molecule has 0 amide bonds. The van der Waals surface area contributed by atoms with Gasteiger partial charge in [0.25, 0.3) is 0 Å². The minimum absolute atomic E-state index is 0.0314. The van der Waals surface area contributed by atoms with Crippen LogP contribution in [-0.2, 0) is 34.5 Å².